The fourth-order valence-electron chi connectivity index (χ4n) is 7.92. The second kappa shape index (κ2) is 8.89. The predicted molar refractivity (Wildman–Crippen MR) is 156 cm³/mol. The zero-order chi connectivity index (χ0) is 29.9. The zero-order valence-electron chi connectivity index (χ0n) is 23.3. The Morgan fingerprint density at radius 3 is 2.29 bits per heavy atom. The van der Waals surface area contributed by atoms with Gasteiger partial charge in [0.25, 0.3) is 5.92 Å². The summed E-state index contributed by atoms with van der Waals surface area (Å²) in [5.41, 5.74) is -1.64. The van der Waals surface area contributed by atoms with Crippen molar-refractivity contribution in [2.24, 2.45) is 10.4 Å². The van der Waals surface area contributed by atoms with Crippen LogP contribution < -0.4 is 5.32 Å². The average molecular weight is 638 g/mol. The number of rotatable bonds is 7. The third-order valence-corrected chi connectivity index (χ3v) is 12.8. The Morgan fingerprint density at radius 2 is 1.71 bits per heavy atom. The molecule has 1 saturated heterocycles. The molecule has 0 radical (unpaired) electrons. The Labute approximate surface area is 254 Å². The molecule has 5 fully saturated rings. The minimum absolute atomic E-state index is 0.137. The molecule has 12 heteroatoms. The van der Waals surface area contributed by atoms with Gasteiger partial charge in [-0.3, -0.25) is 9.79 Å². The summed E-state index contributed by atoms with van der Waals surface area (Å²) in [5, 5.41) is 4.22. The van der Waals surface area contributed by atoms with Crippen LogP contribution in [0.5, 0.6) is 0 Å². The fourth-order valence-corrected chi connectivity index (χ4v) is 10.0. The summed E-state index contributed by atoms with van der Waals surface area (Å²) >= 11 is 12.4. The smallest absolute Gasteiger partial charge is 0.252 e. The van der Waals surface area contributed by atoms with Crippen molar-refractivity contribution < 1.29 is 22.0 Å². The van der Waals surface area contributed by atoms with Crippen molar-refractivity contribution in [3.63, 3.8) is 0 Å². The molecule has 2 aromatic rings. The third kappa shape index (κ3) is 4.08. The number of benzene rings is 2. The molecule has 2 aliphatic heterocycles. The molecule has 6 aliphatic rings. The third-order valence-electron chi connectivity index (χ3n) is 10.1. The van der Waals surface area contributed by atoms with E-state index in [0.29, 0.717) is 48.1 Å². The molecule has 1 amide bonds. The molecule has 0 aromatic heterocycles. The van der Waals surface area contributed by atoms with Gasteiger partial charge >= 0.3 is 0 Å². The molecule has 224 valence electrons. The van der Waals surface area contributed by atoms with Crippen molar-refractivity contribution in [1.29, 1.82) is 0 Å². The molecular formula is C30H32Cl2F2N4O3S. The monoisotopic (exact) mass is 636 g/mol. The summed E-state index contributed by atoms with van der Waals surface area (Å²) in [6.07, 6.45) is 1.74. The van der Waals surface area contributed by atoms with E-state index in [9.17, 15) is 22.0 Å². The van der Waals surface area contributed by atoms with Gasteiger partial charge in [-0.25, -0.2) is 17.2 Å². The largest absolute Gasteiger partial charge is 0.366 e. The van der Waals surface area contributed by atoms with Gasteiger partial charge in [0.2, 0.25) is 15.9 Å². The Kier molecular flexibility index (Phi) is 6.04. The second-order valence-electron chi connectivity index (χ2n) is 13.5. The van der Waals surface area contributed by atoms with E-state index in [0.717, 1.165) is 5.56 Å². The highest BCUT2D eigenvalue weighted by Crippen LogP contribution is 2.71. The Balaban J connectivity index is 1.13. The van der Waals surface area contributed by atoms with E-state index in [4.69, 9.17) is 28.2 Å². The maximum Gasteiger partial charge on any atom is 0.252 e. The van der Waals surface area contributed by atoms with Crippen molar-refractivity contribution in [2.75, 3.05) is 6.54 Å². The maximum atomic E-state index is 14.0. The van der Waals surface area contributed by atoms with E-state index in [2.05, 4.69) is 5.32 Å². The van der Waals surface area contributed by atoms with Crippen LogP contribution in [0.2, 0.25) is 10.0 Å². The zero-order valence-corrected chi connectivity index (χ0v) is 25.7. The molecular weight excluding hydrogens is 605 g/mol. The van der Waals surface area contributed by atoms with E-state index < -0.39 is 38.6 Å². The molecule has 8 rings (SSSR count). The van der Waals surface area contributed by atoms with E-state index in [1.165, 1.54) is 0 Å². The van der Waals surface area contributed by atoms with E-state index in [-0.39, 0.29) is 35.6 Å². The number of amides is 1. The van der Waals surface area contributed by atoms with Crippen LogP contribution in [0.4, 0.5) is 8.78 Å². The van der Waals surface area contributed by atoms with Crippen molar-refractivity contribution in [3.8, 4) is 0 Å². The first kappa shape index (κ1) is 28.5. The summed E-state index contributed by atoms with van der Waals surface area (Å²) in [6, 6.07) is 12.8. The molecule has 42 heavy (non-hydrogen) atoms. The van der Waals surface area contributed by atoms with Gasteiger partial charge in [-0.1, -0.05) is 47.5 Å². The number of sulfonamides is 1. The van der Waals surface area contributed by atoms with Crippen LogP contribution in [0.15, 0.2) is 58.4 Å². The first-order valence-electron chi connectivity index (χ1n) is 14.2. The summed E-state index contributed by atoms with van der Waals surface area (Å²) in [7, 11) is -3.85. The minimum atomic E-state index is -3.85. The molecule has 4 aliphatic carbocycles. The molecule has 0 unspecified atom stereocenters. The summed E-state index contributed by atoms with van der Waals surface area (Å²) in [5.74, 6) is -2.20. The average Bonchev–Trinajstić information content (AvgIpc) is 3.17. The lowest BCUT2D eigenvalue weighted by molar-refractivity contribution is -0.216. The number of carbonyl (C=O) groups is 1. The molecule has 1 atom stereocenters. The molecule has 2 bridgehead atoms. The predicted octanol–water partition coefficient (Wildman–Crippen LogP) is 5.66. The molecule has 1 spiro atoms. The van der Waals surface area contributed by atoms with Crippen LogP contribution in [0.1, 0.15) is 57.9 Å². The van der Waals surface area contributed by atoms with Crippen LogP contribution in [0.25, 0.3) is 0 Å². The highest BCUT2D eigenvalue weighted by Gasteiger charge is 2.75. The summed E-state index contributed by atoms with van der Waals surface area (Å²) < 4.78 is 57.0. The molecule has 1 N–H and O–H groups in total. The van der Waals surface area contributed by atoms with Gasteiger partial charge in [0, 0.05) is 36.9 Å². The van der Waals surface area contributed by atoms with E-state index >= 15 is 0 Å². The van der Waals surface area contributed by atoms with Gasteiger partial charge in [-0.05, 0) is 69.4 Å². The van der Waals surface area contributed by atoms with Crippen LogP contribution in [0.3, 0.4) is 0 Å². The number of carbonyl (C=O) groups excluding carboxylic acids is 1. The van der Waals surface area contributed by atoms with Crippen LogP contribution >= 0.6 is 23.2 Å². The number of hydrogen-bond donors (Lipinski definition) is 1. The number of nitrogens with one attached hydrogen (secondary N) is 1. The number of nitrogens with zero attached hydrogens (tertiary/aromatic N) is 3. The lowest BCUT2D eigenvalue weighted by Gasteiger charge is -2.73. The Hall–Kier alpha value is -2.27. The standard InChI is InChI=1S/C30H32Cl2F2N4O3S/c1-26(2)23(24(39)37-11-10-28(37)17-30(33,34)18-28)35-25(36-26)27-14-29(15-27,16-27)38(13-19-8-9-21(31)22(32)12-19)42(40,41)20-6-4-3-5-7-20/h3-9,12,23H,10-11,13-18H2,1-2H3,(H,35,36)/t23-,27?,29?/m0/s1. The van der Waals surface area contributed by atoms with Crippen molar-refractivity contribution in [2.45, 2.75) is 92.4 Å². The van der Waals surface area contributed by atoms with E-state index in [1.54, 1.807) is 57.7 Å². The molecule has 2 heterocycles. The Bertz CT molecular complexity index is 1600. The normalized spacial score (nSPS) is 31.4. The lowest BCUT2D eigenvalue weighted by Crippen LogP contribution is -2.78. The number of aliphatic imine (C=N–C) groups is 1. The fraction of sp³-hybridized carbons (Fsp3) is 0.533. The first-order valence-corrected chi connectivity index (χ1v) is 16.4. The quantitative estimate of drug-likeness (QED) is 0.425. The lowest BCUT2D eigenvalue weighted by atomic mass is 9.38. The number of halogens is 4. The highest BCUT2D eigenvalue weighted by atomic mass is 35.5. The van der Waals surface area contributed by atoms with Gasteiger partial charge in [-0.2, -0.15) is 4.31 Å². The summed E-state index contributed by atoms with van der Waals surface area (Å²) in [4.78, 5) is 20.3. The highest BCUT2D eigenvalue weighted by molar-refractivity contribution is 7.89. The topological polar surface area (TPSA) is 82.1 Å². The molecule has 2 aromatic carbocycles. The van der Waals surface area contributed by atoms with Gasteiger partial charge in [-0.15, -0.1) is 0 Å². The SMILES string of the molecule is CC1(C)NC(C23CC(N(Cc4ccc(Cl)c(Cl)c4)S(=O)(=O)c4ccccc4)(C2)C3)=N[C@H]1C(=O)N1CCC12CC(F)(F)C2. The van der Waals surface area contributed by atoms with Crippen molar-refractivity contribution >= 4 is 45.0 Å². The van der Waals surface area contributed by atoms with Crippen LogP contribution in [0, 0.1) is 5.41 Å². The van der Waals surface area contributed by atoms with E-state index in [1.807, 2.05) is 13.8 Å². The number of likely N-dealkylation sites (tertiary alicyclic amines) is 1. The first-order chi connectivity index (χ1) is 19.6. The molecule has 7 nitrogen and oxygen atoms in total. The van der Waals surface area contributed by atoms with Crippen LogP contribution in [-0.2, 0) is 21.4 Å². The Morgan fingerprint density at radius 1 is 1.05 bits per heavy atom. The van der Waals surface area contributed by atoms with Crippen molar-refractivity contribution in [1.82, 2.24) is 14.5 Å². The van der Waals surface area contributed by atoms with Crippen molar-refractivity contribution in [3.05, 3.63) is 64.1 Å². The second-order valence-corrected chi connectivity index (χ2v) is 16.2. The number of amidine groups is 1. The molecule has 4 saturated carbocycles. The van der Waals surface area contributed by atoms with Gasteiger partial charge in [0.15, 0.2) is 6.04 Å². The van der Waals surface area contributed by atoms with Gasteiger partial charge < -0.3 is 10.2 Å². The summed E-state index contributed by atoms with van der Waals surface area (Å²) in [6.45, 7) is 4.43. The van der Waals surface area contributed by atoms with Gasteiger partial charge in [0.05, 0.1) is 26.0 Å². The number of alkyl halides is 2. The number of hydrogen-bond acceptors (Lipinski definition) is 5. The van der Waals surface area contributed by atoms with Crippen LogP contribution in [-0.4, -0.2) is 64.5 Å². The van der Waals surface area contributed by atoms with Gasteiger partial charge in [0.1, 0.15) is 5.84 Å². The maximum absolute atomic E-state index is 14.0. The minimum Gasteiger partial charge on any atom is -0.366 e.